The van der Waals surface area contributed by atoms with Crippen LogP contribution in [0, 0.1) is 11.3 Å². The van der Waals surface area contributed by atoms with Gasteiger partial charge in [-0.2, -0.15) is 5.26 Å². The van der Waals surface area contributed by atoms with E-state index in [1.54, 1.807) is 36.4 Å². The summed E-state index contributed by atoms with van der Waals surface area (Å²) in [6.07, 6.45) is 1.51. The molecule has 0 saturated heterocycles. The van der Waals surface area contributed by atoms with Crippen LogP contribution in [0.4, 0.5) is 5.82 Å². The first-order valence-corrected chi connectivity index (χ1v) is 5.50. The van der Waals surface area contributed by atoms with Crippen LogP contribution in [0.25, 0.3) is 0 Å². The van der Waals surface area contributed by atoms with Gasteiger partial charge in [-0.05, 0) is 36.4 Å². The predicted octanol–water partition coefficient (Wildman–Crippen LogP) is 2.86. The molecule has 1 aromatic heterocycles. The quantitative estimate of drug-likeness (QED) is 0.900. The van der Waals surface area contributed by atoms with Crippen molar-refractivity contribution in [3.63, 3.8) is 0 Å². The van der Waals surface area contributed by atoms with E-state index < -0.39 is 0 Å². The Morgan fingerprint density at radius 2 is 2.00 bits per heavy atom. The molecule has 4 nitrogen and oxygen atoms in total. The van der Waals surface area contributed by atoms with Crippen molar-refractivity contribution in [3.05, 3.63) is 58.7 Å². The van der Waals surface area contributed by atoms with Crippen molar-refractivity contribution >= 4 is 23.3 Å². The molecule has 1 N–H and O–H groups in total. The van der Waals surface area contributed by atoms with Crippen LogP contribution in [0.1, 0.15) is 15.9 Å². The summed E-state index contributed by atoms with van der Waals surface area (Å²) in [7, 11) is 0. The number of aromatic nitrogens is 1. The SMILES string of the molecule is N#Cc1ccc(C(=O)Nc2cc(Cl)ccn2)cc1. The largest absolute Gasteiger partial charge is 0.307 e. The van der Waals surface area contributed by atoms with Gasteiger partial charge in [0.05, 0.1) is 11.6 Å². The number of pyridine rings is 1. The zero-order valence-electron chi connectivity index (χ0n) is 9.22. The summed E-state index contributed by atoms with van der Waals surface area (Å²) < 4.78 is 0. The molecule has 0 bridgehead atoms. The molecule has 0 radical (unpaired) electrons. The number of hydrogen-bond acceptors (Lipinski definition) is 3. The zero-order valence-corrected chi connectivity index (χ0v) is 9.98. The Labute approximate surface area is 109 Å². The molecule has 2 aromatic rings. The Morgan fingerprint density at radius 3 is 2.61 bits per heavy atom. The van der Waals surface area contributed by atoms with Crippen LogP contribution in [0.5, 0.6) is 0 Å². The molecule has 0 fully saturated rings. The van der Waals surface area contributed by atoms with Gasteiger partial charge in [0, 0.05) is 16.8 Å². The number of nitrogens with one attached hydrogen (secondary N) is 1. The van der Waals surface area contributed by atoms with E-state index in [0.29, 0.717) is 22.0 Å². The smallest absolute Gasteiger partial charge is 0.256 e. The minimum absolute atomic E-state index is 0.297. The summed E-state index contributed by atoms with van der Waals surface area (Å²) in [5.74, 6) is 0.0890. The molecule has 0 unspecified atom stereocenters. The summed E-state index contributed by atoms with van der Waals surface area (Å²) in [5.41, 5.74) is 0.961. The second-order valence-electron chi connectivity index (χ2n) is 3.50. The van der Waals surface area contributed by atoms with E-state index in [0.717, 1.165) is 0 Å². The Bertz CT molecular complexity index is 617. The monoisotopic (exact) mass is 257 g/mol. The van der Waals surface area contributed by atoms with Gasteiger partial charge in [-0.25, -0.2) is 4.98 Å². The van der Waals surface area contributed by atoms with Crippen molar-refractivity contribution in [2.75, 3.05) is 5.32 Å². The molecule has 1 aromatic carbocycles. The fourth-order valence-corrected chi connectivity index (χ4v) is 1.52. The second-order valence-corrected chi connectivity index (χ2v) is 3.94. The van der Waals surface area contributed by atoms with Crippen molar-refractivity contribution in [2.24, 2.45) is 0 Å². The topological polar surface area (TPSA) is 65.8 Å². The van der Waals surface area contributed by atoms with Crippen LogP contribution >= 0.6 is 11.6 Å². The van der Waals surface area contributed by atoms with E-state index in [2.05, 4.69) is 10.3 Å². The van der Waals surface area contributed by atoms with Crippen LogP contribution < -0.4 is 5.32 Å². The zero-order chi connectivity index (χ0) is 13.0. The standard InChI is InChI=1S/C13H8ClN3O/c14-11-5-6-16-12(7-11)17-13(18)10-3-1-9(8-15)2-4-10/h1-7H,(H,16,17,18). The summed E-state index contributed by atoms with van der Waals surface area (Å²) in [4.78, 5) is 15.8. The first kappa shape index (κ1) is 12.1. The molecule has 0 aliphatic rings. The Morgan fingerprint density at radius 1 is 1.28 bits per heavy atom. The van der Waals surface area contributed by atoms with E-state index in [4.69, 9.17) is 16.9 Å². The number of rotatable bonds is 2. The number of amides is 1. The number of benzene rings is 1. The van der Waals surface area contributed by atoms with Crippen LogP contribution in [0.3, 0.4) is 0 Å². The average molecular weight is 258 g/mol. The van der Waals surface area contributed by atoms with E-state index in [1.807, 2.05) is 6.07 Å². The molecule has 5 heteroatoms. The number of hydrogen-bond donors (Lipinski definition) is 1. The third-order valence-corrected chi connectivity index (χ3v) is 2.47. The van der Waals surface area contributed by atoms with Crippen molar-refractivity contribution in [2.45, 2.75) is 0 Å². The first-order chi connectivity index (χ1) is 8.69. The highest BCUT2D eigenvalue weighted by atomic mass is 35.5. The number of halogens is 1. The van der Waals surface area contributed by atoms with Crippen LogP contribution in [-0.4, -0.2) is 10.9 Å². The lowest BCUT2D eigenvalue weighted by molar-refractivity contribution is 0.102. The van der Waals surface area contributed by atoms with Gasteiger partial charge in [-0.15, -0.1) is 0 Å². The van der Waals surface area contributed by atoms with Gasteiger partial charge in [-0.1, -0.05) is 11.6 Å². The first-order valence-electron chi connectivity index (χ1n) is 5.12. The molecule has 1 heterocycles. The minimum Gasteiger partial charge on any atom is -0.307 e. The third kappa shape index (κ3) is 2.84. The maximum atomic E-state index is 11.8. The van der Waals surface area contributed by atoms with Crippen molar-refractivity contribution in [1.29, 1.82) is 5.26 Å². The van der Waals surface area contributed by atoms with Crippen LogP contribution in [0.2, 0.25) is 5.02 Å². The Balaban J connectivity index is 2.14. The van der Waals surface area contributed by atoms with Crippen molar-refractivity contribution < 1.29 is 4.79 Å². The third-order valence-electron chi connectivity index (χ3n) is 2.24. The van der Waals surface area contributed by atoms with E-state index in [9.17, 15) is 4.79 Å². The summed E-state index contributed by atoms with van der Waals surface area (Å²) in [5, 5.41) is 11.8. The molecular weight excluding hydrogens is 250 g/mol. The molecule has 2 rings (SSSR count). The predicted molar refractivity (Wildman–Crippen MR) is 68.4 cm³/mol. The Hall–Kier alpha value is -2.38. The minimum atomic E-state index is -0.297. The van der Waals surface area contributed by atoms with Gasteiger partial charge >= 0.3 is 0 Å². The number of nitriles is 1. The summed E-state index contributed by atoms with van der Waals surface area (Å²) >= 11 is 5.79. The normalized spacial score (nSPS) is 9.56. The number of anilines is 1. The fraction of sp³-hybridized carbons (Fsp3) is 0. The lowest BCUT2D eigenvalue weighted by atomic mass is 10.1. The van der Waals surface area contributed by atoms with Gasteiger partial charge in [-0.3, -0.25) is 4.79 Å². The number of carbonyl (C=O) groups is 1. The van der Waals surface area contributed by atoms with E-state index in [1.165, 1.54) is 6.20 Å². The molecule has 0 aliphatic carbocycles. The van der Waals surface area contributed by atoms with Gasteiger partial charge in [0.1, 0.15) is 5.82 Å². The van der Waals surface area contributed by atoms with Crippen molar-refractivity contribution in [1.82, 2.24) is 4.98 Å². The number of carbonyl (C=O) groups excluding carboxylic acids is 1. The fourth-order valence-electron chi connectivity index (χ4n) is 1.36. The average Bonchev–Trinajstić information content (AvgIpc) is 2.39. The molecular formula is C13H8ClN3O. The van der Waals surface area contributed by atoms with Gasteiger partial charge in [0.25, 0.3) is 5.91 Å². The van der Waals surface area contributed by atoms with Gasteiger partial charge in [0.15, 0.2) is 0 Å². The maximum absolute atomic E-state index is 11.8. The molecule has 0 aliphatic heterocycles. The van der Waals surface area contributed by atoms with Crippen molar-refractivity contribution in [3.8, 4) is 6.07 Å². The lowest BCUT2D eigenvalue weighted by Crippen LogP contribution is -2.12. The highest BCUT2D eigenvalue weighted by Gasteiger charge is 2.06. The molecule has 88 valence electrons. The molecule has 1 amide bonds. The Kier molecular flexibility index (Phi) is 3.56. The summed E-state index contributed by atoms with van der Waals surface area (Å²) in [6.45, 7) is 0. The van der Waals surface area contributed by atoms with E-state index >= 15 is 0 Å². The van der Waals surface area contributed by atoms with Crippen LogP contribution in [0.15, 0.2) is 42.6 Å². The summed E-state index contributed by atoms with van der Waals surface area (Å²) in [6, 6.07) is 11.5. The number of nitrogens with zero attached hydrogens (tertiary/aromatic N) is 2. The highest BCUT2D eigenvalue weighted by Crippen LogP contribution is 2.13. The maximum Gasteiger partial charge on any atom is 0.256 e. The molecule has 0 spiro atoms. The highest BCUT2D eigenvalue weighted by molar-refractivity contribution is 6.30. The van der Waals surface area contributed by atoms with Gasteiger partial charge < -0.3 is 5.32 Å². The second kappa shape index (κ2) is 5.30. The lowest BCUT2D eigenvalue weighted by Gasteiger charge is -2.04. The van der Waals surface area contributed by atoms with E-state index in [-0.39, 0.29) is 5.91 Å². The van der Waals surface area contributed by atoms with Gasteiger partial charge in [0.2, 0.25) is 0 Å². The molecule has 18 heavy (non-hydrogen) atoms. The molecule has 0 saturated carbocycles. The van der Waals surface area contributed by atoms with Crippen LogP contribution in [-0.2, 0) is 0 Å². The molecule has 0 atom stereocenters.